The number of rotatable bonds is 7. The van der Waals surface area contributed by atoms with Crippen molar-refractivity contribution in [1.82, 2.24) is 9.97 Å². The smallest absolute Gasteiger partial charge is 0.162 e. The fraction of sp³-hybridized carbons (Fsp3) is 0.0435. The van der Waals surface area contributed by atoms with Crippen molar-refractivity contribution < 1.29 is 0 Å². The maximum Gasteiger partial charge on any atom is 0.162 e. The van der Waals surface area contributed by atoms with Gasteiger partial charge in [-0.25, -0.2) is 20.0 Å². The Bertz CT molecular complexity index is 2530. The van der Waals surface area contributed by atoms with Crippen LogP contribution in [0.15, 0.2) is 168 Å². The molecule has 0 radical (unpaired) electrons. The van der Waals surface area contributed by atoms with Crippen LogP contribution in [0.4, 0.5) is 0 Å². The number of hydrogen-bond donors (Lipinski definition) is 1. The van der Waals surface area contributed by atoms with Gasteiger partial charge in [0.2, 0.25) is 0 Å². The van der Waals surface area contributed by atoms with Crippen molar-refractivity contribution in [2.45, 2.75) is 12.8 Å². The second kappa shape index (κ2) is 13.9. The molecule has 2 heterocycles. The van der Waals surface area contributed by atoms with Crippen molar-refractivity contribution in [2.24, 2.45) is 15.7 Å². The molecule has 242 valence electrons. The summed E-state index contributed by atoms with van der Waals surface area (Å²) in [5.41, 5.74) is 17.3. The third-order valence-electron chi connectivity index (χ3n) is 8.96. The van der Waals surface area contributed by atoms with Crippen LogP contribution in [-0.2, 0) is 0 Å². The van der Waals surface area contributed by atoms with Gasteiger partial charge >= 0.3 is 0 Å². The number of hydrogen-bond acceptors (Lipinski definition) is 3. The van der Waals surface area contributed by atoms with Crippen molar-refractivity contribution >= 4 is 44.7 Å². The Balaban J connectivity index is 1.32. The minimum Gasteiger partial charge on any atom is -0.383 e. The van der Waals surface area contributed by atoms with Gasteiger partial charge in [-0.3, -0.25) is 0 Å². The first kappa shape index (κ1) is 31.4. The van der Waals surface area contributed by atoms with Gasteiger partial charge in [-0.2, -0.15) is 0 Å². The lowest BCUT2D eigenvalue weighted by Gasteiger charge is -2.14. The van der Waals surface area contributed by atoms with E-state index in [9.17, 15) is 0 Å². The molecule has 7 aromatic rings. The van der Waals surface area contributed by atoms with Crippen LogP contribution >= 0.6 is 0 Å². The van der Waals surface area contributed by atoms with Crippen LogP contribution in [0.2, 0.25) is 0 Å². The summed E-state index contributed by atoms with van der Waals surface area (Å²) in [5.74, 6) is 0.769. The van der Waals surface area contributed by atoms with E-state index >= 15 is 0 Å². The van der Waals surface area contributed by atoms with Gasteiger partial charge in [0, 0.05) is 27.5 Å². The van der Waals surface area contributed by atoms with Gasteiger partial charge in [0.05, 0.1) is 28.1 Å². The van der Waals surface area contributed by atoms with Crippen LogP contribution in [-0.4, -0.2) is 21.6 Å². The Hall–Kier alpha value is -6.90. The average molecular weight is 656 g/mol. The third kappa shape index (κ3) is 6.59. The molecule has 0 aliphatic heterocycles. The second-order valence-corrected chi connectivity index (χ2v) is 12.3. The van der Waals surface area contributed by atoms with Gasteiger partial charge < -0.3 is 5.73 Å². The van der Waals surface area contributed by atoms with E-state index in [1.807, 2.05) is 66.7 Å². The topological polar surface area (TPSA) is 76.5 Å². The molecule has 0 bridgehead atoms. The Morgan fingerprint density at radius 2 is 1.43 bits per heavy atom. The molecule has 5 aromatic carbocycles. The molecule has 0 saturated heterocycles. The first-order valence-corrected chi connectivity index (χ1v) is 16.9. The normalized spacial score (nSPS) is 13.2. The van der Waals surface area contributed by atoms with Gasteiger partial charge in [-0.05, 0) is 71.5 Å². The summed E-state index contributed by atoms with van der Waals surface area (Å²) in [6.45, 7) is 4.27. The monoisotopic (exact) mass is 655 g/mol. The number of nitrogens with zero attached hydrogens (tertiary/aromatic N) is 4. The molecule has 5 nitrogen and oxygen atoms in total. The van der Waals surface area contributed by atoms with E-state index < -0.39 is 0 Å². The van der Waals surface area contributed by atoms with E-state index in [0.717, 1.165) is 85.0 Å². The Kier molecular flexibility index (Phi) is 8.56. The predicted octanol–water partition coefficient (Wildman–Crippen LogP) is 10.3. The number of allylic oxidation sites excluding steroid dienone is 4. The maximum atomic E-state index is 6.56. The molecule has 0 fully saturated rings. The molecule has 0 atom stereocenters. The van der Waals surface area contributed by atoms with Crippen LogP contribution in [0.25, 0.3) is 55.5 Å². The molecule has 2 N–H and O–H groups in total. The van der Waals surface area contributed by atoms with Gasteiger partial charge in [-0.1, -0.05) is 134 Å². The standard InChI is InChI=1S/C46H33N5/c1-31(32-15-6-2-7-16-32)48-46(51-45(47)36-21-12-5-13-22-36)38-24-14-23-37(29-38)40-30-42(34-19-10-4-11-20-34)50-44-39(40)27-25-35-26-28-41(49-43(35)44)33-17-8-3-9-18-33/h2,4,6-8,10-12,14-30H,1,3,9H2,(H2,47,48,51). The van der Waals surface area contributed by atoms with Gasteiger partial charge in [-0.15, -0.1) is 0 Å². The number of amidine groups is 2. The van der Waals surface area contributed by atoms with E-state index in [0.29, 0.717) is 17.4 Å². The summed E-state index contributed by atoms with van der Waals surface area (Å²) >= 11 is 0. The van der Waals surface area contributed by atoms with Crippen molar-refractivity contribution in [3.63, 3.8) is 0 Å². The van der Waals surface area contributed by atoms with E-state index in [-0.39, 0.29) is 0 Å². The lowest BCUT2D eigenvalue weighted by Crippen LogP contribution is -2.16. The zero-order valence-corrected chi connectivity index (χ0v) is 27.9. The molecule has 0 saturated carbocycles. The minimum absolute atomic E-state index is 0.322. The number of aliphatic imine (C=N–C) groups is 2. The fourth-order valence-electron chi connectivity index (χ4n) is 6.32. The Morgan fingerprint density at radius 1 is 0.667 bits per heavy atom. The van der Waals surface area contributed by atoms with Crippen molar-refractivity contribution in [2.75, 3.05) is 0 Å². The van der Waals surface area contributed by atoms with Crippen molar-refractivity contribution in [1.29, 1.82) is 0 Å². The molecule has 8 rings (SSSR count). The highest BCUT2D eigenvalue weighted by Gasteiger charge is 2.16. The number of aromatic nitrogens is 2. The summed E-state index contributed by atoms with van der Waals surface area (Å²) in [7, 11) is 0. The molecule has 1 aliphatic rings. The van der Waals surface area contributed by atoms with Crippen LogP contribution < -0.4 is 5.73 Å². The molecule has 1 aliphatic carbocycles. The summed E-state index contributed by atoms with van der Waals surface area (Å²) in [6.07, 6.45) is 8.70. The van der Waals surface area contributed by atoms with Gasteiger partial charge in [0.15, 0.2) is 5.84 Å². The zero-order chi connectivity index (χ0) is 34.6. The highest BCUT2D eigenvalue weighted by Crippen LogP contribution is 2.36. The second-order valence-electron chi connectivity index (χ2n) is 12.3. The Labute approximate surface area is 297 Å². The lowest BCUT2D eigenvalue weighted by molar-refractivity contribution is 1.04. The molecule has 2 aromatic heterocycles. The third-order valence-corrected chi connectivity index (χ3v) is 8.96. The summed E-state index contributed by atoms with van der Waals surface area (Å²) in [6, 6.07) is 50.3. The minimum atomic E-state index is 0.322. The summed E-state index contributed by atoms with van der Waals surface area (Å²) < 4.78 is 0. The number of benzene rings is 4. The highest BCUT2D eigenvalue weighted by molar-refractivity contribution is 6.13. The number of pyridine rings is 2. The molecule has 5 heteroatoms. The van der Waals surface area contributed by atoms with Gasteiger partial charge in [0.1, 0.15) is 5.84 Å². The van der Waals surface area contributed by atoms with E-state index in [1.54, 1.807) is 12.1 Å². The van der Waals surface area contributed by atoms with Crippen molar-refractivity contribution in [3.8, 4) is 22.4 Å². The fourth-order valence-corrected chi connectivity index (χ4v) is 6.32. The number of nitrogens with two attached hydrogens (primary N) is 1. The molecule has 0 amide bonds. The average Bonchev–Trinajstić information content (AvgIpc) is 3.21. The zero-order valence-electron chi connectivity index (χ0n) is 27.9. The summed E-state index contributed by atoms with van der Waals surface area (Å²) in [5, 5.41) is 2.04. The van der Waals surface area contributed by atoms with Crippen LogP contribution in [0.1, 0.15) is 35.2 Å². The van der Waals surface area contributed by atoms with Crippen molar-refractivity contribution in [3.05, 3.63) is 193 Å². The van der Waals surface area contributed by atoms with Crippen LogP contribution in [0.5, 0.6) is 0 Å². The van der Waals surface area contributed by atoms with Gasteiger partial charge in [0.25, 0.3) is 0 Å². The molecular formula is C46H33N5. The van der Waals surface area contributed by atoms with E-state index in [4.69, 9.17) is 25.7 Å². The first-order valence-electron chi connectivity index (χ1n) is 16.9. The largest absolute Gasteiger partial charge is 0.383 e. The lowest BCUT2D eigenvalue weighted by atomic mass is 9.95. The highest BCUT2D eigenvalue weighted by atomic mass is 15.0. The first-order chi connectivity index (χ1) is 25.1. The Morgan fingerprint density at radius 3 is 2.22 bits per heavy atom. The quantitative estimate of drug-likeness (QED) is 0.105. The van der Waals surface area contributed by atoms with Crippen LogP contribution in [0.3, 0.4) is 0 Å². The molecule has 0 unspecified atom stereocenters. The van der Waals surface area contributed by atoms with Crippen LogP contribution in [0, 0.1) is 12.1 Å². The number of fused-ring (bicyclic) bond motifs is 3. The summed E-state index contributed by atoms with van der Waals surface area (Å²) in [4.78, 5) is 20.3. The van der Waals surface area contributed by atoms with E-state index in [1.165, 1.54) is 0 Å². The molecule has 0 spiro atoms. The van der Waals surface area contributed by atoms with E-state index in [2.05, 4.69) is 91.5 Å². The molecular weight excluding hydrogens is 623 g/mol. The maximum absolute atomic E-state index is 6.56. The predicted molar refractivity (Wildman–Crippen MR) is 211 cm³/mol. The SMILES string of the molecule is C=C(N=C(N=C(N)c1cc#ccc1)c1cccc(-c2cc(-c3ccccc3)nc3c2ccc2ccc(C4=CCCC=C4)nc23)c1)c1ccccc1. The molecule has 51 heavy (non-hydrogen) atoms.